The molecule has 1 aliphatic heterocycles. The van der Waals surface area contributed by atoms with Crippen LogP contribution in [0, 0.1) is 12.7 Å². The Balaban J connectivity index is 1.91. The molecule has 7 nitrogen and oxygen atoms in total. The molecule has 2 aromatic carbocycles. The Morgan fingerprint density at radius 3 is 2.57 bits per heavy atom. The van der Waals surface area contributed by atoms with Crippen LogP contribution in [0.2, 0.25) is 0 Å². The van der Waals surface area contributed by atoms with E-state index in [0.717, 1.165) is 10.4 Å². The Morgan fingerprint density at radius 1 is 1.17 bits per heavy atom. The number of para-hydroxylation sites is 1. The zero-order chi connectivity index (χ0) is 21.6. The molecule has 0 N–H and O–H groups in total. The van der Waals surface area contributed by atoms with Crippen LogP contribution in [0.15, 0.2) is 53.7 Å². The Kier molecular flexibility index (Phi) is 4.85. The van der Waals surface area contributed by atoms with Crippen LogP contribution in [0.25, 0.3) is 0 Å². The fraction of sp³-hybridized carbons (Fsp3) is 0.238. The van der Waals surface area contributed by atoms with E-state index in [1.165, 1.54) is 18.3 Å². The number of imidazole rings is 1. The fourth-order valence-electron chi connectivity index (χ4n) is 3.61. The maximum Gasteiger partial charge on any atom is 0.289 e. The summed E-state index contributed by atoms with van der Waals surface area (Å²) in [5.74, 6) is -1.35. The highest BCUT2D eigenvalue weighted by Gasteiger charge is 2.46. The van der Waals surface area contributed by atoms with Gasteiger partial charge in [0, 0.05) is 18.8 Å². The molecule has 3 aromatic rings. The summed E-state index contributed by atoms with van der Waals surface area (Å²) >= 11 is 0. The van der Waals surface area contributed by atoms with Crippen LogP contribution in [0.3, 0.4) is 0 Å². The first-order chi connectivity index (χ1) is 14.3. The van der Waals surface area contributed by atoms with Crippen molar-refractivity contribution in [1.82, 2.24) is 9.55 Å². The molecule has 0 saturated carbocycles. The van der Waals surface area contributed by atoms with Gasteiger partial charge in [-0.2, -0.15) is 8.42 Å². The average Bonchev–Trinajstić information content (AvgIpc) is 3.19. The lowest BCUT2D eigenvalue weighted by atomic mass is 9.92. The second-order valence-electron chi connectivity index (χ2n) is 6.95. The third-order valence-electron chi connectivity index (χ3n) is 5.09. The molecule has 1 atom stereocenters. The molecule has 2 heterocycles. The summed E-state index contributed by atoms with van der Waals surface area (Å²) in [4.78, 5) is 17.6. The van der Waals surface area contributed by atoms with E-state index in [4.69, 9.17) is 4.74 Å². The average molecular weight is 429 g/mol. The number of hydrogen-bond donors (Lipinski definition) is 0. The molecular formula is C21H20FN3O4S. The number of hydrogen-bond acceptors (Lipinski definition) is 5. The van der Waals surface area contributed by atoms with Crippen molar-refractivity contribution in [2.24, 2.45) is 7.05 Å². The minimum absolute atomic E-state index is 0.112. The number of carbonyl (C=O) groups excluding carboxylic acids is 1. The number of nitrogens with zero attached hydrogens (tertiary/aromatic N) is 3. The van der Waals surface area contributed by atoms with E-state index in [-0.39, 0.29) is 16.3 Å². The van der Waals surface area contributed by atoms with Gasteiger partial charge in [0.15, 0.2) is 5.03 Å². The van der Waals surface area contributed by atoms with Gasteiger partial charge in [-0.1, -0.05) is 18.2 Å². The largest absolute Gasteiger partial charge is 0.494 e. The summed E-state index contributed by atoms with van der Waals surface area (Å²) in [5, 5.41) is -0.245. The van der Waals surface area contributed by atoms with Gasteiger partial charge >= 0.3 is 0 Å². The van der Waals surface area contributed by atoms with Gasteiger partial charge in [0.2, 0.25) is 0 Å². The van der Waals surface area contributed by atoms with Gasteiger partial charge in [0.25, 0.3) is 15.9 Å². The van der Waals surface area contributed by atoms with E-state index < -0.39 is 27.7 Å². The highest BCUT2D eigenvalue weighted by Crippen LogP contribution is 2.46. The lowest BCUT2D eigenvalue weighted by molar-refractivity contribution is -0.117. The van der Waals surface area contributed by atoms with Gasteiger partial charge < -0.3 is 9.30 Å². The number of sulfonamides is 1. The molecule has 0 bridgehead atoms. The van der Waals surface area contributed by atoms with Crippen LogP contribution < -0.4 is 9.04 Å². The SMILES string of the molecule is CCOc1ccccc1C1C(=O)N(S(=O)(=O)c2cn(C)c(C)n2)c2ccc(F)cc21. The second-order valence-corrected chi connectivity index (χ2v) is 8.69. The zero-order valence-corrected chi connectivity index (χ0v) is 17.5. The summed E-state index contributed by atoms with van der Waals surface area (Å²) in [6.45, 7) is 3.83. The number of halogens is 1. The monoisotopic (exact) mass is 429 g/mol. The third-order valence-corrected chi connectivity index (χ3v) is 6.67. The predicted molar refractivity (Wildman–Crippen MR) is 108 cm³/mol. The molecule has 1 unspecified atom stereocenters. The smallest absolute Gasteiger partial charge is 0.289 e. The van der Waals surface area contributed by atoms with Crippen molar-refractivity contribution < 1.29 is 22.3 Å². The molecule has 0 fully saturated rings. The minimum Gasteiger partial charge on any atom is -0.494 e. The molecule has 4 rings (SSSR count). The fourth-order valence-corrected chi connectivity index (χ4v) is 5.10. The molecule has 9 heteroatoms. The summed E-state index contributed by atoms with van der Waals surface area (Å²) in [7, 11) is -2.63. The van der Waals surface area contributed by atoms with Gasteiger partial charge in [0.1, 0.15) is 17.4 Å². The number of amides is 1. The van der Waals surface area contributed by atoms with Crippen molar-refractivity contribution in [3.63, 3.8) is 0 Å². The van der Waals surface area contributed by atoms with E-state index in [2.05, 4.69) is 4.98 Å². The Labute approximate surface area is 173 Å². The molecule has 0 spiro atoms. The predicted octanol–water partition coefficient (Wildman–Crippen LogP) is 3.13. The van der Waals surface area contributed by atoms with Crippen molar-refractivity contribution in [2.75, 3.05) is 10.9 Å². The van der Waals surface area contributed by atoms with Gasteiger partial charge in [-0.15, -0.1) is 0 Å². The van der Waals surface area contributed by atoms with Crippen molar-refractivity contribution in [3.05, 3.63) is 71.4 Å². The molecule has 0 radical (unpaired) electrons. The van der Waals surface area contributed by atoms with E-state index in [0.29, 0.717) is 23.7 Å². The number of rotatable bonds is 5. The lowest BCUT2D eigenvalue weighted by Crippen LogP contribution is -2.35. The number of aryl methyl sites for hydroxylation is 2. The third kappa shape index (κ3) is 3.06. The number of ether oxygens (including phenoxy) is 1. The van der Waals surface area contributed by atoms with Gasteiger partial charge in [-0.25, -0.2) is 13.7 Å². The number of aromatic nitrogens is 2. The van der Waals surface area contributed by atoms with E-state index >= 15 is 0 Å². The maximum atomic E-state index is 14.1. The zero-order valence-electron chi connectivity index (χ0n) is 16.7. The van der Waals surface area contributed by atoms with Crippen LogP contribution in [0.4, 0.5) is 10.1 Å². The number of carbonyl (C=O) groups is 1. The maximum absolute atomic E-state index is 14.1. The standard InChI is InChI=1S/C21H20FN3O4S/c1-4-29-18-8-6-5-7-15(18)20-16-11-14(22)9-10-17(16)25(21(20)26)30(27,28)19-12-24(3)13(2)23-19/h5-12,20H,4H2,1-3H3. The summed E-state index contributed by atoms with van der Waals surface area (Å²) < 4.78 is 48.7. The highest BCUT2D eigenvalue weighted by molar-refractivity contribution is 7.93. The molecule has 1 aliphatic rings. The van der Waals surface area contributed by atoms with Crippen molar-refractivity contribution >= 4 is 21.6 Å². The topological polar surface area (TPSA) is 81.5 Å². The van der Waals surface area contributed by atoms with Crippen LogP contribution in [0.1, 0.15) is 29.8 Å². The molecule has 156 valence electrons. The van der Waals surface area contributed by atoms with E-state index in [1.54, 1.807) is 49.7 Å². The van der Waals surface area contributed by atoms with Crippen LogP contribution in [-0.4, -0.2) is 30.5 Å². The Morgan fingerprint density at radius 2 is 1.90 bits per heavy atom. The van der Waals surface area contributed by atoms with Gasteiger partial charge in [-0.3, -0.25) is 4.79 Å². The molecule has 1 amide bonds. The van der Waals surface area contributed by atoms with E-state index in [9.17, 15) is 17.6 Å². The normalized spacial score (nSPS) is 16.1. The summed E-state index contributed by atoms with van der Waals surface area (Å²) in [6.07, 6.45) is 1.35. The summed E-state index contributed by atoms with van der Waals surface area (Å²) in [6, 6.07) is 10.5. The van der Waals surface area contributed by atoms with Crippen molar-refractivity contribution in [2.45, 2.75) is 24.8 Å². The molecule has 0 saturated heterocycles. The first-order valence-corrected chi connectivity index (χ1v) is 10.8. The molecular weight excluding hydrogens is 409 g/mol. The Bertz CT molecular complexity index is 1230. The number of fused-ring (bicyclic) bond motifs is 1. The molecule has 1 aromatic heterocycles. The number of benzene rings is 2. The second kappa shape index (κ2) is 7.24. The van der Waals surface area contributed by atoms with Crippen molar-refractivity contribution in [1.29, 1.82) is 0 Å². The van der Waals surface area contributed by atoms with Gasteiger partial charge in [0.05, 0.1) is 18.2 Å². The molecule has 30 heavy (non-hydrogen) atoms. The Hall–Kier alpha value is -3.20. The first kappa shape index (κ1) is 20.1. The number of anilines is 1. The quantitative estimate of drug-likeness (QED) is 0.622. The van der Waals surface area contributed by atoms with Gasteiger partial charge in [-0.05, 0) is 43.7 Å². The molecule has 0 aliphatic carbocycles. The van der Waals surface area contributed by atoms with Crippen LogP contribution >= 0.6 is 0 Å². The summed E-state index contributed by atoms with van der Waals surface area (Å²) in [5.41, 5.74) is 0.857. The lowest BCUT2D eigenvalue weighted by Gasteiger charge is -2.18. The van der Waals surface area contributed by atoms with E-state index in [1.807, 2.05) is 0 Å². The minimum atomic E-state index is -4.29. The van der Waals surface area contributed by atoms with Crippen LogP contribution in [-0.2, 0) is 21.9 Å². The van der Waals surface area contributed by atoms with Crippen molar-refractivity contribution in [3.8, 4) is 5.75 Å². The first-order valence-electron chi connectivity index (χ1n) is 9.36. The highest BCUT2D eigenvalue weighted by atomic mass is 32.2. The van der Waals surface area contributed by atoms with Crippen LogP contribution in [0.5, 0.6) is 5.75 Å².